The molecular weight excluding hydrogens is 479 g/mol. The van der Waals surface area contributed by atoms with Crippen LogP contribution in [-0.4, -0.2) is 54.9 Å². The third kappa shape index (κ3) is 22.0. The Morgan fingerprint density at radius 1 is 0.816 bits per heavy atom. The van der Waals surface area contributed by atoms with E-state index in [1.807, 2.05) is 20.8 Å². The van der Waals surface area contributed by atoms with Crippen molar-refractivity contribution < 1.29 is 52.6 Å². The summed E-state index contributed by atoms with van der Waals surface area (Å²) in [7, 11) is 0. The second kappa shape index (κ2) is 27.7. The first kappa shape index (κ1) is 41.6. The quantitative estimate of drug-likeness (QED) is 0.259. The maximum Gasteiger partial charge on any atom is 1.00 e. The van der Waals surface area contributed by atoms with E-state index in [0.29, 0.717) is 38.9 Å². The van der Waals surface area contributed by atoms with E-state index < -0.39 is 5.60 Å². The van der Waals surface area contributed by atoms with E-state index in [2.05, 4.69) is 20.8 Å². The summed E-state index contributed by atoms with van der Waals surface area (Å²) >= 11 is 0. The number of aliphatic hydroxyl groups is 1. The van der Waals surface area contributed by atoms with Crippen molar-refractivity contribution >= 4 is 17.7 Å². The van der Waals surface area contributed by atoms with Crippen molar-refractivity contribution in [3.63, 3.8) is 0 Å². The van der Waals surface area contributed by atoms with Gasteiger partial charge >= 0.3 is 30.8 Å². The molecule has 8 heteroatoms. The number of Topliss-reactive ketones (excluding diaryl/α,β-unsaturated/α-hetero) is 1. The van der Waals surface area contributed by atoms with Crippen molar-refractivity contribution in [3.8, 4) is 0 Å². The van der Waals surface area contributed by atoms with Crippen LogP contribution in [0.3, 0.4) is 0 Å². The summed E-state index contributed by atoms with van der Waals surface area (Å²) < 4.78 is 14.7. The van der Waals surface area contributed by atoms with Crippen LogP contribution in [0.1, 0.15) is 125 Å². The number of carbonyl (C=O) groups is 3. The van der Waals surface area contributed by atoms with E-state index in [0.717, 1.165) is 64.6 Å². The molecule has 2 aliphatic carbocycles. The molecule has 0 saturated heterocycles. The van der Waals surface area contributed by atoms with Crippen LogP contribution in [0.2, 0.25) is 0 Å². The SMILES string of the molecule is CCCCC1(O)CCC(C(=O)OCC)CC1.CCOC(=O)C1CCC(=O)CC1.CCOCC.[CH2-]CCC.[Li+]. The van der Waals surface area contributed by atoms with Gasteiger partial charge in [0.05, 0.1) is 30.7 Å². The molecule has 2 fully saturated rings. The Balaban J connectivity index is -0.000000489. The Hall–Kier alpha value is -0.873. The molecule has 220 valence electrons. The first-order chi connectivity index (χ1) is 17.7. The molecule has 0 radical (unpaired) electrons. The van der Waals surface area contributed by atoms with E-state index in [1.165, 1.54) is 6.42 Å². The fraction of sp³-hybridized carbons (Fsp3) is 0.867. The first-order valence-electron chi connectivity index (χ1n) is 14.6. The summed E-state index contributed by atoms with van der Waals surface area (Å²) in [5.41, 5.74) is -0.515. The molecule has 0 aromatic carbocycles. The molecule has 0 heterocycles. The number of ketones is 1. The van der Waals surface area contributed by atoms with E-state index in [9.17, 15) is 19.5 Å². The third-order valence-electron chi connectivity index (χ3n) is 6.46. The van der Waals surface area contributed by atoms with Crippen LogP contribution in [-0.2, 0) is 28.6 Å². The zero-order valence-electron chi connectivity index (χ0n) is 25.8. The summed E-state index contributed by atoms with van der Waals surface area (Å²) in [5.74, 6) is 0.0464. The Morgan fingerprint density at radius 2 is 1.24 bits per heavy atom. The van der Waals surface area contributed by atoms with Crippen LogP contribution in [0.15, 0.2) is 0 Å². The summed E-state index contributed by atoms with van der Waals surface area (Å²) in [5, 5.41) is 10.3. The minimum Gasteiger partial charge on any atom is -0.466 e. The molecule has 2 aliphatic rings. The Kier molecular flexibility index (Phi) is 30.3. The first-order valence-corrected chi connectivity index (χ1v) is 14.6. The molecular formula is C30H57LiO7. The van der Waals surface area contributed by atoms with E-state index in [1.54, 1.807) is 6.92 Å². The van der Waals surface area contributed by atoms with Crippen LogP contribution >= 0.6 is 0 Å². The third-order valence-corrected chi connectivity index (χ3v) is 6.46. The average Bonchev–Trinajstić information content (AvgIpc) is 2.90. The molecule has 0 unspecified atom stereocenters. The van der Waals surface area contributed by atoms with Gasteiger partial charge in [-0.15, -0.1) is 0 Å². The maximum absolute atomic E-state index is 11.5. The van der Waals surface area contributed by atoms with Crippen LogP contribution in [0.5, 0.6) is 0 Å². The minimum atomic E-state index is -0.515. The molecule has 0 spiro atoms. The number of rotatable bonds is 10. The van der Waals surface area contributed by atoms with Gasteiger partial charge in [-0.05, 0) is 72.6 Å². The predicted octanol–water partition coefficient (Wildman–Crippen LogP) is 3.64. The molecule has 0 aliphatic heterocycles. The largest absolute Gasteiger partial charge is 1.00 e. The summed E-state index contributed by atoms with van der Waals surface area (Å²) in [6.45, 7) is 18.0. The van der Waals surface area contributed by atoms with Gasteiger partial charge in [-0.1, -0.05) is 33.1 Å². The van der Waals surface area contributed by atoms with Gasteiger partial charge in [0.2, 0.25) is 0 Å². The smallest absolute Gasteiger partial charge is 0.466 e. The van der Waals surface area contributed by atoms with Crippen LogP contribution in [0.25, 0.3) is 0 Å². The second-order valence-corrected chi connectivity index (χ2v) is 9.55. The minimum absolute atomic E-state index is 0. The molecule has 0 aromatic heterocycles. The fourth-order valence-electron chi connectivity index (χ4n) is 4.05. The Labute approximate surface area is 245 Å². The zero-order valence-corrected chi connectivity index (χ0v) is 25.8. The van der Waals surface area contributed by atoms with Gasteiger partial charge < -0.3 is 26.2 Å². The topological polar surface area (TPSA) is 99.1 Å². The molecule has 0 atom stereocenters. The normalized spacial score (nSPS) is 20.6. The molecule has 7 nitrogen and oxygen atoms in total. The van der Waals surface area contributed by atoms with Gasteiger partial charge in [-0.3, -0.25) is 14.4 Å². The van der Waals surface area contributed by atoms with Gasteiger partial charge in [0.15, 0.2) is 0 Å². The zero-order chi connectivity index (χ0) is 28.5. The fourth-order valence-corrected chi connectivity index (χ4v) is 4.05. The molecule has 38 heavy (non-hydrogen) atoms. The maximum atomic E-state index is 11.5. The molecule has 2 rings (SSSR count). The van der Waals surface area contributed by atoms with Crippen LogP contribution < -0.4 is 18.9 Å². The molecule has 1 N–H and O–H groups in total. The van der Waals surface area contributed by atoms with Crippen LogP contribution in [0.4, 0.5) is 0 Å². The number of ether oxygens (including phenoxy) is 3. The van der Waals surface area contributed by atoms with Crippen molar-refractivity contribution in [1.82, 2.24) is 0 Å². The number of hydrogen-bond acceptors (Lipinski definition) is 7. The number of hydrogen-bond donors (Lipinski definition) is 1. The van der Waals surface area contributed by atoms with Crippen molar-refractivity contribution in [1.29, 1.82) is 0 Å². The summed E-state index contributed by atoms with van der Waals surface area (Å²) in [4.78, 5) is 33.5. The van der Waals surface area contributed by atoms with E-state index >= 15 is 0 Å². The molecule has 0 amide bonds. The number of esters is 2. The van der Waals surface area contributed by atoms with Gasteiger partial charge in [-0.2, -0.15) is 6.42 Å². The van der Waals surface area contributed by atoms with Crippen molar-refractivity contribution in [2.45, 2.75) is 131 Å². The Bertz CT molecular complexity index is 561. The van der Waals surface area contributed by atoms with Gasteiger partial charge in [0.1, 0.15) is 5.78 Å². The standard InChI is InChI=1S/C13H24O3.C9H14O3.C4H10O.C4H9.Li/c1-3-5-8-13(15)9-6-11(7-10-13)12(14)16-4-2;1-2-12-9(11)7-3-5-8(10)6-4-7;1-3-5-4-2;1-3-4-2;/h11,15H,3-10H2,1-2H3;7H,2-6H2,1H3;3-4H2,1-2H3;1,3-4H2,2H3;/q;;;-1;+1. The predicted molar refractivity (Wildman–Crippen MR) is 149 cm³/mol. The van der Waals surface area contributed by atoms with Crippen molar-refractivity contribution in [2.75, 3.05) is 26.4 Å². The van der Waals surface area contributed by atoms with Crippen LogP contribution in [0, 0.1) is 18.8 Å². The Morgan fingerprint density at radius 3 is 1.55 bits per heavy atom. The monoisotopic (exact) mass is 536 g/mol. The van der Waals surface area contributed by atoms with Gasteiger partial charge in [0.25, 0.3) is 0 Å². The molecule has 2 saturated carbocycles. The molecule has 0 aromatic rings. The second-order valence-electron chi connectivity index (χ2n) is 9.55. The van der Waals surface area contributed by atoms with Gasteiger partial charge in [0, 0.05) is 26.1 Å². The summed E-state index contributed by atoms with van der Waals surface area (Å²) in [6, 6.07) is 0. The number of carbonyl (C=O) groups excluding carboxylic acids is 3. The number of unbranched alkanes of at least 4 members (excludes halogenated alkanes) is 2. The summed E-state index contributed by atoms with van der Waals surface area (Å²) in [6.07, 6.45) is 10.8. The van der Waals surface area contributed by atoms with Crippen molar-refractivity contribution in [3.05, 3.63) is 6.92 Å². The molecule has 0 bridgehead atoms. The average molecular weight is 537 g/mol. The van der Waals surface area contributed by atoms with E-state index in [4.69, 9.17) is 14.2 Å². The van der Waals surface area contributed by atoms with E-state index in [-0.39, 0.29) is 48.4 Å². The van der Waals surface area contributed by atoms with Crippen molar-refractivity contribution in [2.24, 2.45) is 11.8 Å². The van der Waals surface area contributed by atoms with Gasteiger partial charge in [-0.25, -0.2) is 0 Å².